The lowest BCUT2D eigenvalue weighted by Gasteiger charge is -2.05. The summed E-state index contributed by atoms with van der Waals surface area (Å²) in [7, 11) is 1.35. The smallest absolute Gasteiger partial charge is 0.337 e. The third-order valence-corrected chi connectivity index (χ3v) is 2.47. The van der Waals surface area contributed by atoms with E-state index in [9.17, 15) is 4.79 Å². The zero-order chi connectivity index (χ0) is 10.8. The van der Waals surface area contributed by atoms with Gasteiger partial charge in [-0.3, -0.25) is 0 Å². The molecule has 0 radical (unpaired) electrons. The van der Waals surface area contributed by atoms with Crippen LogP contribution in [0.4, 0.5) is 0 Å². The average Bonchev–Trinajstić information content (AvgIpc) is 2.73. The number of fused-ring (bicyclic) bond motifs is 1. The number of carbonyl (C=O) groups is 1. The molecule has 78 valence electrons. The van der Waals surface area contributed by atoms with E-state index in [2.05, 4.69) is 11.3 Å². The van der Waals surface area contributed by atoms with Gasteiger partial charge in [0.05, 0.1) is 19.3 Å². The Morgan fingerprint density at radius 2 is 2.33 bits per heavy atom. The largest absolute Gasteiger partial charge is 0.493 e. The van der Waals surface area contributed by atoms with E-state index in [1.807, 2.05) is 18.2 Å². The van der Waals surface area contributed by atoms with Gasteiger partial charge in [-0.15, -0.1) is 0 Å². The lowest BCUT2D eigenvalue weighted by atomic mass is 10.0. The van der Waals surface area contributed by atoms with Crippen molar-refractivity contribution in [3.05, 3.63) is 35.9 Å². The standard InChI is InChI=1S/C12H12O3/c1-8(12(13)14-2)9-3-4-11-10(7-9)5-6-15-11/h3-4,7H,1,5-6H2,2H3. The Balaban J connectivity index is 2.30. The molecule has 1 heterocycles. The Bertz CT molecular complexity index is 421. The highest BCUT2D eigenvalue weighted by Crippen LogP contribution is 2.28. The minimum Gasteiger partial charge on any atom is -0.493 e. The minimum atomic E-state index is -0.395. The number of carbonyl (C=O) groups excluding carboxylic acids is 1. The van der Waals surface area contributed by atoms with Gasteiger partial charge in [-0.05, 0) is 23.3 Å². The zero-order valence-corrected chi connectivity index (χ0v) is 8.58. The predicted octanol–water partition coefficient (Wildman–Crippen LogP) is 1.81. The maximum Gasteiger partial charge on any atom is 0.337 e. The van der Waals surface area contributed by atoms with Crippen LogP contribution < -0.4 is 4.74 Å². The number of rotatable bonds is 2. The molecule has 1 aromatic carbocycles. The second-order valence-corrected chi connectivity index (χ2v) is 3.39. The number of benzene rings is 1. The van der Waals surface area contributed by atoms with Crippen LogP contribution in [0.25, 0.3) is 5.57 Å². The van der Waals surface area contributed by atoms with E-state index in [1.165, 1.54) is 7.11 Å². The van der Waals surface area contributed by atoms with Crippen molar-refractivity contribution in [1.82, 2.24) is 0 Å². The summed E-state index contributed by atoms with van der Waals surface area (Å²) in [6.45, 7) is 4.42. The van der Waals surface area contributed by atoms with Gasteiger partial charge in [0.25, 0.3) is 0 Å². The summed E-state index contributed by atoms with van der Waals surface area (Å²) in [6.07, 6.45) is 0.887. The summed E-state index contributed by atoms with van der Waals surface area (Å²) in [5.74, 6) is 0.505. The molecule has 0 aromatic heterocycles. The molecular weight excluding hydrogens is 192 g/mol. The number of ether oxygens (including phenoxy) is 2. The minimum absolute atomic E-state index is 0.382. The van der Waals surface area contributed by atoms with Crippen LogP contribution in [-0.2, 0) is 16.0 Å². The van der Waals surface area contributed by atoms with Gasteiger partial charge < -0.3 is 9.47 Å². The molecule has 2 rings (SSSR count). The highest BCUT2D eigenvalue weighted by atomic mass is 16.5. The molecule has 0 fully saturated rings. The van der Waals surface area contributed by atoms with Crippen molar-refractivity contribution in [2.75, 3.05) is 13.7 Å². The maximum absolute atomic E-state index is 11.3. The Hall–Kier alpha value is -1.77. The first-order valence-electron chi connectivity index (χ1n) is 4.75. The van der Waals surface area contributed by atoms with Crippen molar-refractivity contribution >= 4 is 11.5 Å². The highest BCUT2D eigenvalue weighted by molar-refractivity contribution is 6.15. The number of hydrogen-bond donors (Lipinski definition) is 0. The first-order chi connectivity index (χ1) is 7.22. The molecule has 0 N–H and O–H groups in total. The summed E-state index contributed by atoms with van der Waals surface area (Å²) < 4.78 is 9.99. The topological polar surface area (TPSA) is 35.5 Å². The summed E-state index contributed by atoms with van der Waals surface area (Å²) >= 11 is 0. The molecular formula is C12H12O3. The SMILES string of the molecule is C=C(C(=O)OC)c1ccc2c(c1)CCO2. The normalized spacial score (nSPS) is 12.9. The van der Waals surface area contributed by atoms with Gasteiger partial charge in [0, 0.05) is 6.42 Å². The molecule has 0 bridgehead atoms. The van der Waals surface area contributed by atoms with Crippen LogP contribution >= 0.6 is 0 Å². The van der Waals surface area contributed by atoms with E-state index in [0.717, 1.165) is 23.3 Å². The Morgan fingerprint density at radius 1 is 1.53 bits per heavy atom. The first kappa shape index (κ1) is 9.77. The Morgan fingerprint density at radius 3 is 3.07 bits per heavy atom. The van der Waals surface area contributed by atoms with Crippen LogP contribution in [0, 0.1) is 0 Å². The van der Waals surface area contributed by atoms with E-state index in [0.29, 0.717) is 12.2 Å². The summed E-state index contributed by atoms with van der Waals surface area (Å²) in [5.41, 5.74) is 2.30. The number of hydrogen-bond acceptors (Lipinski definition) is 3. The van der Waals surface area contributed by atoms with Crippen LogP contribution in [0.15, 0.2) is 24.8 Å². The van der Waals surface area contributed by atoms with Crippen molar-refractivity contribution in [2.45, 2.75) is 6.42 Å². The molecule has 0 amide bonds. The first-order valence-corrected chi connectivity index (χ1v) is 4.75. The van der Waals surface area contributed by atoms with Crippen molar-refractivity contribution in [3.63, 3.8) is 0 Å². The van der Waals surface area contributed by atoms with Crippen LogP contribution in [-0.4, -0.2) is 19.7 Å². The van der Waals surface area contributed by atoms with Crippen molar-refractivity contribution < 1.29 is 14.3 Å². The number of methoxy groups -OCH3 is 1. The second-order valence-electron chi connectivity index (χ2n) is 3.39. The third kappa shape index (κ3) is 1.73. The van der Waals surface area contributed by atoms with Crippen LogP contribution in [0.5, 0.6) is 5.75 Å². The lowest BCUT2D eigenvalue weighted by molar-refractivity contribution is -0.133. The van der Waals surface area contributed by atoms with Crippen LogP contribution in [0.2, 0.25) is 0 Å². The fourth-order valence-corrected chi connectivity index (χ4v) is 1.62. The predicted molar refractivity (Wildman–Crippen MR) is 56.7 cm³/mol. The Kier molecular flexibility index (Phi) is 2.46. The van der Waals surface area contributed by atoms with Gasteiger partial charge in [0.2, 0.25) is 0 Å². The Labute approximate surface area is 88.3 Å². The van der Waals surface area contributed by atoms with Crippen molar-refractivity contribution in [3.8, 4) is 5.75 Å². The monoisotopic (exact) mass is 204 g/mol. The van der Waals surface area contributed by atoms with Crippen LogP contribution in [0.3, 0.4) is 0 Å². The summed E-state index contributed by atoms with van der Waals surface area (Å²) in [4.78, 5) is 11.3. The van der Waals surface area contributed by atoms with Crippen LogP contribution in [0.1, 0.15) is 11.1 Å². The molecule has 3 heteroatoms. The van der Waals surface area contributed by atoms with E-state index in [1.54, 1.807) is 0 Å². The summed E-state index contributed by atoms with van der Waals surface area (Å²) in [6, 6.07) is 5.62. The fourth-order valence-electron chi connectivity index (χ4n) is 1.62. The third-order valence-electron chi connectivity index (χ3n) is 2.47. The van der Waals surface area contributed by atoms with Gasteiger partial charge in [-0.25, -0.2) is 4.79 Å². The van der Waals surface area contributed by atoms with Gasteiger partial charge in [0.15, 0.2) is 0 Å². The second kappa shape index (κ2) is 3.77. The molecule has 0 saturated heterocycles. The molecule has 0 saturated carbocycles. The average molecular weight is 204 g/mol. The fraction of sp³-hybridized carbons (Fsp3) is 0.250. The molecule has 0 atom stereocenters. The van der Waals surface area contributed by atoms with Gasteiger partial charge >= 0.3 is 5.97 Å². The van der Waals surface area contributed by atoms with E-state index in [4.69, 9.17) is 4.74 Å². The van der Waals surface area contributed by atoms with E-state index in [-0.39, 0.29) is 0 Å². The molecule has 0 unspecified atom stereocenters. The van der Waals surface area contributed by atoms with Gasteiger partial charge in [-0.1, -0.05) is 12.6 Å². The maximum atomic E-state index is 11.3. The molecule has 0 aliphatic carbocycles. The van der Waals surface area contributed by atoms with Crippen molar-refractivity contribution in [2.24, 2.45) is 0 Å². The van der Waals surface area contributed by atoms with E-state index >= 15 is 0 Å². The molecule has 15 heavy (non-hydrogen) atoms. The number of esters is 1. The lowest BCUT2D eigenvalue weighted by Crippen LogP contribution is -2.02. The molecule has 1 aliphatic heterocycles. The quantitative estimate of drug-likeness (QED) is 0.544. The molecule has 3 nitrogen and oxygen atoms in total. The molecule has 1 aromatic rings. The van der Waals surface area contributed by atoms with Crippen molar-refractivity contribution in [1.29, 1.82) is 0 Å². The van der Waals surface area contributed by atoms with Gasteiger partial charge in [-0.2, -0.15) is 0 Å². The highest BCUT2D eigenvalue weighted by Gasteiger charge is 2.15. The summed E-state index contributed by atoms with van der Waals surface area (Å²) in [5, 5.41) is 0. The van der Waals surface area contributed by atoms with Gasteiger partial charge in [0.1, 0.15) is 5.75 Å². The zero-order valence-electron chi connectivity index (χ0n) is 8.58. The molecule has 1 aliphatic rings. The molecule has 0 spiro atoms. The van der Waals surface area contributed by atoms with E-state index < -0.39 is 5.97 Å².